The first-order valence-electron chi connectivity index (χ1n) is 3.57. The molecule has 1 saturated carbocycles. The van der Waals surface area contributed by atoms with Crippen molar-refractivity contribution in [2.24, 2.45) is 5.92 Å². The molecule has 0 unspecified atom stereocenters. The van der Waals surface area contributed by atoms with E-state index in [2.05, 4.69) is 12.2 Å². The van der Waals surface area contributed by atoms with Gasteiger partial charge in [-0.25, -0.2) is 0 Å². The Morgan fingerprint density at radius 1 is 1.70 bits per heavy atom. The molecule has 0 aromatic rings. The highest BCUT2D eigenvalue weighted by Gasteiger charge is 2.25. The Labute approximate surface area is 65.9 Å². The molecule has 2 nitrogen and oxygen atoms in total. The molecule has 1 aliphatic carbocycles. The third kappa shape index (κ3) is 1.87. The largest absolute Gasteiger partial charge is 0.352 e. The average Bonchev–Trinajstić information content (AvgIpc) is 1.84. The lowest BCUT2D eigenvalue weighted by atomic mass is 9.82. The minimum absolute atomic E-state index is 0.0430. The second kappa shape index (κ2) is 3.24. The van der Waals surface area contributed by atoms with Crippen molar-refractivity contribution in [3.05, 3.63) is 0 Å². The summed E-state index contributed by atoms with van der Waals surface area (Å²) >= 11 is 5.30. The van der Waals surface area contributed by atoms with Gasteiger partial charge in [-0.1, -0.05) is 6.92 Å². The Hall–Kier alpha value is -0.240. The van der Waals surface area contributed by atoms with Crippen molar-refractivity contribution in [3.63, 3.8) is 0 Å². The van der Waals surface area contributed by atoms with E-state index in [1.54, 1.807) is 0 Å². The zero-order chi connectivity index (χ0) is 7.56. The number of carbonyl (C=O) groups is 1. The zero-order valence-electron chi connectivity index (χ0n) is 6.06. The maximum Gasteiger partial charge on any atom is 0.235 e. The van der Waals surface area contributed by atoms with Crippen molar-refractivity contribution in [2.45, 2.75) is 25.8 Å². The molecule has 0 aliphatic heterocycles. The molecule has 0 heterocycles. The summed E-state index contributed by atoms with van der Waals surface area (Å²) in [5.41, 5.74) is 0. The van der Waals surface area contributed by atoms with Crippen LogP contribution in [0.25, 0.3) is 0 Å². The fourth-order valence-corrected chi connectivity index (χ4v) is 1.36. The molecular formula is C7H12ClNO. The van der Waals surface area contributed by atoms with Crippen LogP contribution in [0.15, 0.2) is 0 Å². The Morgan fingerprint density at radius 3 is 2.70 bits per heavy atom. The summed E-state index contributed by atoms with van der Waals surface area (Å²) in [6.45, 7) is 2.18. The van der Waals surface area contributed by atoms with Gasteiger partial charge in [-0.15, -0.1) is 11.6 Å². The summed E-state index contributed by atoms with van der Waals surface area (Å²) in [4.78, 5) is 10.7. The Balaban J connectivity index is 2.10. The molecule has 58 valence electrons. The average molecular weight is 162 g/mol. The molecule has 3 heteroatoms. The van der Waals surface area contributed by atoms with Gasteiger partial charge < -0.3 is 5.32 Å². The van der Waals surface area contributed by atoms with Gasteiger partial charge in [0.1, 0.15) is 5.88 Å². The summed E-state index contributed by atoms with van der Waals surface area (Å²) in [6.07, 6.45) is 2.23. The Bertz CT molecular complexity index is 132. The predicted molar refractivity (Wildman–Crippen MR) is 41.0 cm³/mol. The monoisotopic (exact) mass is 161 g/mol. The highest BCUT2D eigenvalue weighted by molar-refractivity contribution is 6.27. The van der Waals surface area contributed by atoms with E-state index in [0.29, 0.717) is 6.04 Å². The number of carbonyl (C=O) groups excluding carboxylic acids is 1. The standard InChI is InChI=1S/C7H12ClNO/c1-5-2-6(3-5)9-7(10)4-8/h5-6H,2-4H2,1H3,(H,9,10). The number of halogens is 1. The zero-order valence-corrected chi connectivity index (χ0v) is 6.82. The van der Waals surface area contributed by atoms with Gasteiger partial charge in [-0.05, 0) is 18.8 Å². The Kier molecular flexibility index (Phi) is 2.55. The van der Waals surface area contributed by atoms with E-state index in [4.69, 9.17) is 11.6 Å². The van der Waals surface area contributed by atoms with E-state index in [1.165, 1.54) is 0 Å². The van der Waals surface area contributed by atoms with Crippen LogP contribution in [0.2, 0.25) is 0 Å². The molecule has 0 bridgehead atoms. The molecule has 1 amide bonds. The lowest BCUT2D eigenvalue weighted by molar-refractivity contribution is -0.120. The second-order valence-electron chi connectivity index (χ2n) is 2.97. The van der Waals surface area contributed by atoms with Gasteiger partial charge in [-0.2, -0.15) is 0 Å². The highest BCUT2D eigenvalue weighted by atomic mass is 35.5. The number of hydrogen-bond acceptors (Lipinski definition) is 1. The number of hydrogen-bond donors (Lipinski definition) is 1. The number of amides is 1. The van der Waals surface area contributed by atoms with Crippen molar-refractivity contribution >= 4 is 17.5 Å². The number of nitrogens with one attached hydrogen (secondary N) is 1. The van der Waals surface area contributed by atoms with Gasteiger partial charge in [0.15, 0.2) is 0 Å². The summed E-state index contributed by atoms with van der Waals surface area (Å²) in [5.74, 6) is 0.824. The van der Waals surface area contributed by atoms with Crippen LogP contribution < -0.4 is 5.32 Å². The molecule has 0 spiro atoms. The summed E-state index contributed by atoms with van der Waals surface area (Å²) in [6, 6.07) is 0.404. The van der Waals surface area contributed by atoms with E-state index in [-0.39, 0.29) is 11.8 Å². The second-order valence-corrected chi connectivity index (χ2v) is 3.24. The van der Waals surface area contributed by atoms with Gasteiger partial charge >= 0.3 is 0 Å². The Morgan fingerprint density at radius 2 is 2.30 bits per heavy atom. The molecule has 0 atom stereocenters. The lowest BCUT2D eigenvalue weighted by Crippen LogP contribution is -2.43. The molecular weight excluding hydrogens is 150 g/mol. The first-order chi connectivity index (χ1) is 4.72. The predicted octanol–water partition coefficient (Wildman–Crippen LogP) is 1.14. The van der Waals surface area contributed by atoms with Gasteiger partial charge in [0.25, 0.3) is 0 Å². The smallest absolute Gasteiger partial charge is 0.235 e. The summed E-state index contributed by atoms with van der Waals surface area (Å²) in [5, 5.41) is 2.83. The molecule has 0 radical (unpaired) electrons. The molecule has 0 aromatic heterocycles. The maximum absolute atomic E-state index is 10.7. The molecule has 0 saturated heterocycles. The van der Waals surface area contributed by atoms with Crippen molar-refractivity contribution < 1.29 is 4.79 Å². The third-order valence-electron chi connectivity index (χ3n) is 1.86. The van der Waals surface area contributed by atoms with E-state index >= 15 is 0 Å². The van der Waals surface area contributed by atoms with Crippen LogP contribution in [-0.2, 0) is 4.79 Å². The van der Waals surface area contributed by atoms with Crippen LogP contribution >= 0.6 is 11.6 Å². The van der Waals surface area contributed by atoms with Crippen molar-refractivity contribution in [1.82, 2.24) is 5.32 Å². The normalized spacial score (nSPS) is 31.0. The van der Waals surface area contributed by atoms with Crippen molar-refractivity contribution in [3.8, 4) is 0 Å². The fourth-order valence-electron chi connectivity index (χ4n) is 1.29. The first-order valence-corrected chi connectivity index (χ1v) is 4.11. The maximum atomic E-state index is 10.7. The number of alkyl halides is 1. The van der Waals surface area contributed by atoms with Crippen LogP contribution in [0.1, 0.15) is 19.8 Å². The van der Waals surface area contributed by atoms with Gasteiger partial charge in [0.05, 0.1) is 0 Å². The van der Waals surface area contributed by atoms with Gasteiger partial charge in [0.2, 0.25) is 5.91 Å². The van der Waals surface area contributed by atoms with Crippen molar-refractivity contribution in [1.29, 1.82) is 0 Å². The minimum Gasteiger partial charge on any atom is -0.352 e. The lowest BCUT2D eigenvalue weighted by Gasteiger charge is -2.32. The highest BCUT2D eigenvalue weighted by Crippen LogP contribution is 2.25. The molecule has 0 aromatic carbocycles. The SMILES string of the molecule is CC1CC(NC(=O)CCl)C1. The molecule has 1 aliphatic rings. The van der Waals surface area contributed by atoms with E-state index in [0.717, 1.165) is 18.8 Å². The topological polar surface area (TPSA) is 29.1 Å². The van der Waals surface area contributed by atoms with Crippen molar-refractivity contribution in [2.75, 3.05) is 5.88 Å². The van der Waals surface area contributed by atoms with E-state index < -0.39 is 0 Å². The van der Waals surface area contributed by atoms with Gasteiger partial charge in [-0.3, -0.25) is 4.79 Å². The quantitative estimate of drug-likeness (QED) is 0.605. The van der Waals surface area contributed by atoms with Crippen LogP contribution in [0.3, 0.4) is 0 Å². The van der Waals surface area contributed by atoms with Gasteiger partial charge in [0, 0.05) is 6.04 Å². The minimum atomic E-state index is -0.0430. The molecule has 1 rings (SSSR count). The summed E-state index contributed by atoms with van der Waals surface area (Å²) < 4.78 is 0. The first kappa shape index (κ1) is 7.86. The molecule has 1 fully saturated rings. The van der Waals surface area contributed by atoms with E-state index in [1.807, 2.05) is 0 Å². The third-order valence-corrected chi connectivity index (χ3v) is 2.10. The van der Waals surface area contributed by atoms with Crippen LogP contribution in [0.5, 0.6) is 0 Å². The van der Waals surface area contributed by atoms with E-state index in [9.17, 15) is 4.79 Å². The van der Waals surface area contributed by atoms with Crippen LogP contribution in [-0.4, -0.2) is 17.8 Å². The molecule has 10 heavy (non-hydrogen) atoms. The number of rotatable bonds is 2. The summed E-state index contributed by atoms with van der Waals surface area (Å²) in [7, 11) is 0. The molecule has 1 N–H and O–H groups in total. The van der Waals surface area contributed by atoms with Crippen LogP contribution in [0.4, 0.5) is 0 Å². The van der Waals surface area contributed by atoms with Crippen LogP contribution in [0, 0.1) is 5.92 Å². The fraction of sp³-hybridized carbons (Fsp3) is 0.857.